The van der Waals surface area contributed by atoms with Crippen LogP contribution in [0.3, 0.4) is 0 Å². The van der Waals surface area contributed by atoms with Crippen LogP contribution in [0.5, 0.6) is 0 Å². The number of sulfone groups is 1. The zero-order valence-corrected chi connectivity index (χ0v) is 11.4. The van der Waals surface area contributed by atoms with Crippen molar-refractivity contribution in [1.82, 2.24) is 4.40 Å². The van der Waals surface area contributed by atoms with Crippen molar-refractivity contribution in [3.8, 4) is 0 Å². The molecule has 0 radical (unpaired) electrons. The van der Waals surface area contributed by atoms with Gasteiger partial charge < -0.3 is 14.9 Å². The molecule has 0 aliphatic rings. The molecular weight excluding hydrogens is 268 g/mol. The first-order chi connectivity index (χ1) is 8.88. The normalized spacial score (nSPS) is 11.7. The molecule has 0 aliphatic carbocycles. The Labute approximate surface area is 110 Å². The summed E-state index contributed by atoms with van der Waals surface area (Å²) >= 11 is 0. The van der Waals surface area contributed by atoms with Crippen molar-refractivity contribution in [2.24, 2.45) is 0 Å². The molecule has 2 rings (SSSR count). The molecule has 2 aromatic heterocycles. The van der Waals surface area contributed by atoms with Crippen LogP contribution >= 0.6 is 0 Å². The second-order valence-corrected chi connectivity index (χ2v) is 5.99. The molecule has 0 fully saturated rings. The first-order valence-electron chi connectivity index (χ1n) is 5.63. The van der Waals surface area contributed by atoms with E-state index in [9.17, 15) is 13.2 Å². The number of carbonyl (C=O) groups excluding carboxylic acids is 1. The second kappa shape index (κ2) is 4.58. The molecule has 0 spiro atoms. The lowest BCUT2D eigenvalue weighted by Gasteiger charge is -2.04. The summed E-state index contributed by atoms with van der Waals surface area (Å²) in [6, 6.07) is 5.04. The number of nitrogens with zero attached hydrogens (tertiary/aromatic N) is 1. The van der Waals surface area contributed by atoms with Crippen molar-refractivity contribution in [3.63, 3.8) is 0 Å². The summed E-state index contributed by atoms with van der Waals surface area (Å²) in [7, 11) is -3.64. The smallest absolute Gasteiger partial charge is 0.356 e. The van der Waals surface area contributed by atoms with Gasteiger partial charge in [-0.05, 0) is 19.1 Å². The number of rotatable bonds is 3. The Morgan fingerprint density at radius 3 is 2.68 bits per heavy atom. The topological polar surface area (TPSA) is 90.9 Å². The summed E-state index contributed by atoms with van der Waals surface area (Å²) in [4.78, 5) is 11.8. The summed E-state index contributed by atoms with van der Waals surface area (Å²) in [5.41, 5.74) is 6.32. The van der Waals surface area contributed by atoms with E-state index in [1.54, 1.807) is 31.3 Å². The number of pyridine rings is 1. The third kappa shape index (κ3) is 2.17. The molecule has 2 aromatic rings. The number of aromatic nitrogens is 1. The highest BCUT2D eigenvalue weighted by atomic mass is 32.2. The molecule has 6 nitrogen and oxygen atoms in total. The van der Waals surface area contributed by atoms with Crippen molar-refractivity contribution in [2.45, 2.75) is 11.8 Å². The molecule has 0 saturated heterocycles. The number of nitrogen functional groups attached to an aromatic ring is 1. The molecule has 7 heteroatoms. The van der Waals surface area contributed by atoms with Gasteiger partial charge in [0.25, 0.3) is 0 Å². The van der Waals surface area contributed by atoms with Gasteiger partial charge in [-0.15, -0.1) is 0 Å². The third-order valence-corrected chi connectivity index (χ3v) is 3.83. The predicted octanol–water partition coefficient (Wildman–Crippen LogP) is 1.10. The maximum atomic E-state index is 12.0. The number of hydrogen-bond acceptors (Lipinski definition) is 5. The molecule has 0 saturated carbocycles. The van der Waals surface area contributed by atoms with Crippen molar-refractivity contribution in [1.29, 1.82) is 0 Å². The predicted molar refractivity (Wildman–Crippen MR) is 70.9 cm³/mol. The zero-order chi connectivity index (χ0) is 14.2. The minimum atomic E-state index is -3.64. The average Bonchev–Trinajstić information content (AvgIpc) is 2.63. The van der Waals surface area contributed by atoms with E-state index in [0.717, 1.165) is 6.26 Å². The van der Waals surface area contributed by atoms with Gasteiger partial charge in [0.15, 0.2) is 15.5 Å². The van der Waals surface area contributed by atoms with Gasteiger partial charge in [0, 0.05) is 12.5 Å². The fourth-order valence-corrected chi connectivity index (χ4v) is 3.01. The highest BCUT2D eigenvalue weighted by molar-refractivity contribution is 7.91. The van der Waals surface area contributed by atoms with Crippen LogP contribution in [0.15, 0.2) is 29.3 Å². The van der Waals surface area contributed by atoms with Crippen LogP contribution < -0.4 is 5.73 Å². The van der Waals surface area contributed by atoms with Crippen LogP contribution in [0.2, 0.25) is 0 Å². The zero-order valence-electron chi connectivity index (χ0n) is 10.6. The fourth-order valence-electron chi connectivity index (χ4n) is 1.98. The minimum absolute atomic E-state index is 0.0579. The lowest BCUT2D eigenvalue weighted by Crippen LogP contribution is -2.13. The largest absolute Gasteiger partial charge is 0.461 e. The lowest BCUT2D eigenvalue weighted by molar-refractivity contribution is 0.0514. The summed E-state index contributed by atoms with van der Waals surface area (Å²) in [5, 5.41) is 0. The molecule has 102 valence electrons. The second-order valence-electron chi connectivity index (χ2n) is 4.04. The van der Waals surface area contributed by atoms with Crippen molar-refractivity contribution in [2.75, 3.05) is 18.6 Å². The van der Waals surface area contributed by atoms with E-state index in [2.05, 4.69) is 0 Å². The number of anilines is 1. The van der Waals surface area contributed by atoms with Gasteiger partial charge in [0.2, 0.25) is 0 Å². The summed E-state index contributed by atoms with van der Waals surface area (Å²) < 4.78 is 30.0. The number of esters is 1. The van der Waals surface area contributed by atoms with E-state index in [1.807, 2.05) is 0 Å². The number of hydrogen-bond donors (Lipinski definition) is 1. The monoisotopic (exact) mass is 282 g/mol. The van der Waals surface area contributed by atoms with Gasteiger partial charge in [-0.1, -0.05) is 6.07 Å². The van der Waals surface area contributed by atoms with Gasteiger partial charge in [-0.25, -0.2) is 13.2 Å². The lowest BCUT2D eigenvalue weighted by atomic mass is 10.3. The first-order valence-corrected chi connectivity index (χ1v) is 7.52. The van der Waals surface area contributed by atoms with Crippen molar-refractivity contribution in [3.05, 3.63) is 30.1 Å². The Bertz CT molecular complexity index is 746. The maximum absolute atomic E-state index is 12.0. The molecule has 0 aliphatic heterocycles. The molecule has 0 aromatic carbocycles. The molecule has 0 unspecified atom stereocenters. The molecule has 2 N–H and O–H groups in total. The fraction of sp³-hybridized carbons (Fsp3) is 0.250. The summed E-state index contributed by atoms with van der Waals surface area (Å²) in [6.45, 7) is 1.80. The van der Waals surface area contributed by atoms with E-state index in [0.29, 0.717) is 5.52 Å². The Balaban J connectivity index is 2.89. The van der Waals surface area contributed by atoms with E-state index >= 15 is 0 Å². The van der Waals surface area contributed by atoms with Crippen LogP contribution in [-0.4, -0.2) is 31.7 Å². The Kier molecular flexibility index (Phi) is 3.23. The minimum Gasteiger partial charge on any atom is -0.461 e. The molecule has 0 atom stereocenters. The van der Waals surface area contributed by atoms with E-state index in [4.69, 9.17) is 10.5 Å². The van der Waals surface area contributed by atoms with Crippen LogP contribution in [0, 0.1) is 0 Å². The molecule has 0 bridgehead atoms. The van der Waals surface area contributed by atoms with E-state index in [1.165, 1.54) is 4.40 Å². The average molecular weight is 282 g/mol. The third-order valence-electron chi connectivity index (χ3n) is 2.68. The summed E-state index contributed by atoms with van der Waals surface area (Å²) in [5.74, 6) is -0.708. The van der Waals surface area contributed by atoms with Gasteiger partial charge in [-0.3, -0.25) is 0 Å². The molecule has 2 heterocycles. The molecule has 0 amide bonds. The Morgan fingerprint density at radius 1 is 1.42 bits per heavy atom. The molecular formula is C12H14N2O4S. The highest BCUT2D eigenvalue weighted by Crippen LogP contribution is 2.30. The maximum Gasteiger partial charge on any atom is 0.356 e. The standard InChI is InChI=1S/C12H14N2O4S/c1-3-18-12(15)10-11(19(2,16)17)9(13)8-6-4-5-7-14(8)10/h4-7H,3,13H2,1-2H3. The van der Waals surface area contributed by atoms with Gasteiger partial charge in [-0.2, -0.15) is 0 Å². The number of carbonyl (C=O) groups is 1. The Hall–Kier alpha value is -2.02. The first kappa shape index (κ1) is 13.4. The molecule has 19 heavy (non-hydrogen) atoms. The van der Waals surface area contributed by atoms with Crippen molar-refractivity contribution >= 4 is 27.0 Å². The van der Waals surface area contributed by atoms with Crippen LogP contribution in [0.4, 0.5) is 5.69 Å². The SMILES string of the molecule is CCOC(=O)c1c(S(C)(=O)=O)c(N)c2ccccn12. The summed E-state index contributed by atoms with van der Waals surface area (Å²) in [6.07, 6.45) is 2.59. The van der Waals surface area contributed by atoms with Gasteiger partial charge >= 0.3 is 5.97 Å². The number of fused-ring (bicyclic) bond motifs is 1. The van der Waals surface area contributed by atoms with Crippen LogP contribution in [0.25, 0.3) is 5.52 Å². The Morgan fingerprint density at radius 2 is 2.11 bits per heavy atom. The quantitative estimate of drug-likeness (QED) is 0.851. The highest BCUT2D eigenvalue weighted by Gasteiger charge is 2.28. The van der Waals surface area contributed by atoms with Crippen molar-refractivity contribution < 1.29 is 17.9 Å². The van der Waals surface area contributed by atoms with Crippen LogP contribution in [-0.2, 0) is 14.6 Å². The van der Waals surface area contributed by atoms with Gasteiger partial charge in [0.1, 0.15) is 4.90 Å². The van der Waals surface area contributed by atoms with E-state index < -0.39 is 15.8 Å². The van der Waals surface area contributed by atoms with E-state index in [-0.39, 0.29) is 22.9 Å². The van der Waals surface area contributed by atoms with Crippen LogP contribution in [0.1, 0.15) is 17.4 Å². The number of ether oxygens (including phenoxy) is 1. The van der Waals surface area contributed by atoms with Gasteiger partial charge in [0.05, 0.1) is 17.8 Å². The number of nitrogens with two attached hydrogens (primary N) is 1.